The molecule has 2 heterocycles. The second-order valence-electron chi connectivity index (χ2n) is 6.01. The van der Waals surface area contributed by atoms with Crippen molar-refractivity contribution in [1.29, 1.82) is 0 Å². The smallest absolute Gasteiger partial charge is 0.410 e. The first-order valence-corrected chi connectivity index (χ1v) is 9.13. The lowest BCUT2D eigenvalue weighted by Crippen LogP contribution is -2.47. The van der Waals surface area contributed by atoms with Gasteiger partial charge in [-0.15, -0.1) is 0 Å². The molecule has 2 fully saturated rings. The van der Waals surface area contributed by atoms with Gasteiger partial charge < -0.3 is 14.5 Å². The minimum absolute atomic E-state index is 0.105. The molecule has 0 spiro atoms. The topological polar surface area (TPSA) is 76.2 Å². The standard InChI is InChI=1S/C13H24N2O5S/c1-10(2)14-6-4-11(5-7-14)15-8-12(20-13(15)16)9-19-21(3,17)18/h10-12H,4-9H2,1-3H3. The van der Waals surface area contributed by atoms with Gasteiger partial charge in [-0.05, 0) is 26.7 Å². The zero-order valence-corrected chi connectivity index (χ0v) is 13.6. The van der Waals surface area contributed by atoms with E-state index in [9.17, 15) is 13.2 Å². The number of likely N-dealkylation sites (tertiary alicyclic amines) is 1. The summed E-state index contributed by atoms with van der Waals surface area (Å²) in [6.07, 6.45) is 1.97. The van der Waals surface area contributed by atoms with Gasteiger partial charge in [0, 0.05) is 25.2 Å². The van der Waals surface area contributed by atoms with Gasteiger partial charge in [0.15, 0.2) is 0 Å². The molecule has 0 aromatic heterocycles. The van der Waals surface area contributed by atoms with Crippen LogP contribution in [0.2, 0.25) is 0 Å². The molecule has 0 aromatic carbocycles. The van der Waals surface area contributed by atoms with E-state index < -0.39 is 16.2 Å². The van der Waals surface area contributed by atoms with Gasteiger partial charge in [-0.1, -0.05) is 0 Å². The summed E-state index contributed by atoms with van der Waals surface area (Å²) in [5.74, 6) is 0. The number of carbonyl (C=O) groups is 1. The Bertz CT molecular complexity index is 471. The Morgan fingerprint density at radius 3 is 2.48 bits per heavy atom. The number of rotatable bonds is 5. The second-order valence-corrected chi connectivity index (χ2v) is 7.65. The highest BCUT2D eigenvalue weighted by Crippen LogP contribution is 2.23. The molecular weight excluding hydrogens is 296 g/mol. The summed E-state index contributed by atoms with van der Waals surface area (Å²) in [5, 5.41) is 0. The van der Waals surface area contributed by atoms with Crippen LogP contribution in [0.4, 0.5) is 4.79 Å². The lowest BCUT2D eigenvalue weighted by molar-refractivity contribution is 0.0954. The molecule has 21 heavy (non-hydrogen) atoms. The molecule has 0 bridgehead atoms. The molecule has 1 atom stereocenters. The summed E-state index contributed by atoms with van der Waals surface area (Å²) in [7, 11) is -3.50. The van der Waals surface area contributed by atoms with Crippen LogP contribution in [0.5, 0.6) is 0 Å². The molecule has 1 unspecified atom stereocenters. The summed E-state index contributed by atoms with van der Waals surface area (Å²) >= 11 is 0. The van der Waals surface area contributed by atoms with Gasteiger partial charge in [-0.25, -0.2) is 4.79 Å². The van der Waals surface area contributed by atoms with Gasteiger partial charge >= 0.3 is 6.09 Å². The Morgan fingerprint density at radius 1 is 1.33 bits per heavy atom. The number of piperidine rings is 1. The van der Waals surface area contributed by atoms with Gasteiger partial charge in [-0.2, -0.15) is 8.42 Å². The van der Waals surface area contributed by atoms with Gasteiger partial charge in [0.05, 0.1) is 12.8 Å². The van der Waals surface area contributed by atoms with Crippen LogP contribution in [0, 0.1) is 0 Å². The normalized spacial score (nSPS) is 25.6. The fourth-order valence-electron chi connectivity index (χ4n) is 2.84. The van der Waals surface area contributed by atoms with Crippen molar-refractivity contribution in [2.75, 3.05) is 32.5 Å². The van der Waals surface area contributed by atoms with Crippen LogP contribution in [-0.2, 0) is 19.0 Å². The van der Waals surface area contributed by atoms with E-state index in [0.717, 1.165) is 32.2 Å². The summed E-state index contributed by atoms with van der Waals surface area (Å²) in [6, 6.07) is 0.697. The van der Waals surface area contributed by atoms with E-state index >= 15 is 0 Å². The van der Waals surface area contributed by atoms with E-state index in [-0.39, 0.29) is 18.7 Å². The Labute approximate surface area is 126 Å². The molecule has 0 saturated carbocycles. The van der Waals surface area contributed by atoms with Crippen molar-refractivity contribution in [1.82, 2.24) is 9.80 Å². The Balaban J connectivity index is 1.84. The molecule has 0 aliphatic carbocycles. The van der Waals surface area contributed by atoms with Crippen molar-refractivity contribution in [3.8, 4) is 0 Å². The van der Waals surface area contributed by atoms with Gasteiger partial charge in [-0.3, -0.25) is 4.18 Å². The fraction of sp³-hybridized carbons (Fsp3) is 0.923. The van der Waals surface area contributed by atoms with E-state index in [1.165, 1.54) is 0 Å². The van der Waals surface area contributed by atoms with Crippen molar-refractivity contribution in [3.63, 3.8) is 0 Å². The first-order valence-electron chi connectivity index (χ1n) is 7.32. The highest BCUT2D eigenvalue weighted by Gasteiger charge is 2.38. The summed E-state index contributed by atoms with van der Waals surface area (Å²) in [5.41, 5.74) is 0. The molecule has 1 amide bonds. The summed E-state index contributed by atoms with van der Waals surface area (Å²) < 4.78 is 31.8. The lowest BCUT2D eigenvalue weighted by atomic mass is 10.0. The number of hydrogen-bond acceptors (Lipinski definition) is 6. The van der Waals surface area contributed by atoms with Crippen molar-refractivity contribution < 1.29 is 22.1 Å². The molecule has 0 radical (unpaired) electrons. The first-order chi connectivity index (χ1) is 9.76. The third-order valence-corrected chi connectivity index (χ3v) is 4.60. The van der Waals surface area contributed by atoms with Crippen LogP contribution < -0.4 is 0 Å². The van der Waals surface area contributed by atoms with Crippen LogP contribution in [-0.4, -0.2) is 75.0 Å². The second kappa shape index (κ2) is 6.50. The molecule has 0 aromatic rings. The van der Waals surface area contributed by atoms with E-state index in [2.05, 4.69) is 18.7 Å². The molecule has 122 valence electrons. The van der Waals surface area contributed by atoms with Crippen LogP contribution in [0.25, 0.3) is 0 Å². The van der Waals surface area contributed by atoms with Crippen molar-refractivity contribution in [3.05, 3.63) is 0 Å². The third-order valence-electron chi connectivity index (χ3n) is 4.04. The van der Waals surface area contributed by atoms with E-state index in [0.29, 0.717) is 12.6 Å². The zero-order valence-electron chi connectivity index (χ0n) is 12.8. The number of amides is 1. The summed E-state index contributed by atoms with van der Waals surface area (Å²) in [4.78, 5) is 16.0. The number of hydrogen-bond donors (Lipinski definition) is 0. The number of carbonyl (C=O) groups excluding carboxylic acids is 1. The minimum Gasteiger partial charge on any atom is -0.442 e. The summed E-state index contributed by atoms with van der Waals surface area (Å²) in [6.45, 7) is 6.58. The monoisotopic (exact) mass is 320 g/mol. The average Bonchev–Trinajstić information content (AvgIpc) is 2.77. The number of nitrogens with zero attached hydrogens (tertiary/aromatic N) is 2. The van der Waals surface area contributed by atoms with E-state index in [1.807, 2.05) is 0 Å². The van der Waals surface area contributed by atoms with E-state index in [4.69, 9.17) is 8.92 Å². The molecule has 2 rings (SSSR count). The average molecular weight is 320 g/mol. The molecule has 2 aliphatic rings. The zero-order chi connectivity index (χ0) is 15.6. The maximum absolute atomic E-state index is 11.9. The quantitative estimate of drug-likeness (QED) is 0.693. The predicted octanol–water partition coefficient (Wildman–Crippen LogP) is 0.656. The molecule has 7 nitrogen and oxygen atoms in total. The first kappa shape index (κ1) is 16.5. The van der Waals surface area contributed by atoms with Crippen molar-refractivity contribution in [2.24, 2.45) is 0 Å². The third kappa shape index (κ3) is 4.55. The number of cyclic esters (lactones) is 1. The maximum Gasteiger partial charge on any atom is 0.410 e. The predicted molar refractivity (Wildman–Crippen MR) is 77.5 cm³/mol. The SMILES string of the molecule is CC(C)N1CCC(N2CC(COS(C)(=O)=O)OC2=O)CC1. The van der Waals surface area contributed by atoms with E-state index in [1.54, 1.807) is 4.90 Å². The Hall–Kier alpha value is -0.860. The maximum atomic E-state index is 11.9. The molecule has 8 heteroatoms. The van der Waals surface area contributed by atoms with Crippen LogP contribution in [0.15, 0.2) is 0 Å². The lowest BCUT2D eigenvalue weighted by Gasteiger charge is -2.37. The fourth-order valence-corrected chi connectivity index (χ4v) is 3.24. The largest absolute Gasteiger partial charge is 0.442 e. The molecule has 2 aliphatic heterocycles. The molecule has 2 saturated heterocycles. The Morgan fingerprint density at radius 2 is 1.95 bits per heavy atom. The van der Waals surface area contributed by atoms with Crippen molar-refractivity contribution >= 4 is 16.2 Å². The van der Waals surface area contributed by atoms with Crippen LogP contribution >= 0.6 is 0 Å². The Kier molecular flexibility index (Phi) is 5.11. The minimum atomic E-state index is -3.50. The van der Waals surface area contributed by atoms with Gasteiger partial charge in [0.2, 0.25) is 0 Å². The highest BCUT2D eigenvalue weighted by atomic mass is 32.2. The number of ether oxygens (including phenoxy) is 1. The van der Waals surface area contributed by atoms with Crippen molar-refractivity contribution in [2.45, 2.75) is 44.9 Å². The molecule has 0 N–H and O–H groups in total. The highest BCUT2D eigenvalue weighted by molar-refractivity contribution is 7.85. The van der Waals surface area contributed by atoms with Crippen LogP contribution in [0.3, 0.4) is 0 Å². The molecular formula is C13H24N2O5S. The van der Waals surface area contributed by atoms with Crippen LogP contribution in [0.1, 0.15) is 26.7 Å². The van der Waals surface area contributed by atoms with Gasteiger partial charge in [0.25, 0.3) is 10.1 Å². The van der Waals surface area contributed by atoms with Gasteiger partial charge in [0.1, 0.15) is 12.7 Å².